The molecular formula is C9H12F3N3. The van der Waals surface area contributed by atoms with E-state index in [0.717, 1.165) is 0 Å². The van der Waals surface area contributed by atoms with Crippen molar-refractivity contribution in [2.45, 2.75) is 32.5 Å². The van der Waals surface area contributed by atoms with Gasteiger partial charge >= 0.3 is 6.18 Å². The van der Waals surface area contributed by atoms with E-state index in [1.165, 1.54) is 6.20 Å². The fourth-order valence-electron chi connectivity index (χ4n) is 1.24. The molecule has 0 aliphatic rings. The van der Waals surface area contributed by atoms with Gasteiger partial charge in [-0.15, -0.1) is 0 Å². The molecule has 2 N–H and O–H groups in total. The van der Waals surface area contributed by atoms with Crippen LogP contribution in [0, 0.1) is 6.92 Å². The van der Waals surface area contributed by atoms with E-state index in [1.807, 2.05) is 0 Å². The molecule has 3 nitrogen and oxygen atoms in total. The molecule has 0 radical (unpaired) electrons. The number of rotatable bonds is 2. The highest BCUT2D eigenvalue weighted by atomic mass is 19.4. The molecule has 0 saturated heterocycles. The van der Waals surface area contributed by atoms with E-state index >= 15 is 0 Å². The quantitative estimate of drug-likeness (QED) is 0.826. The van der Waals surface area contributed by atoms with Gasteiger partial charge in [0.25, 0.3) is 0 Å². The molecule has 0 saturated carbocycles. The number of aromatic nitrogens is 2. The molecule has 0 fully saturated rings. The smallest absolute Gasteiger partial charge is 0.324 e. The summed E-state index contributed by atoms with van der Waals surface area (Å²) in [6.45, 7) is 3.36. The van der Waals surface area contributed by atoms with Crippen LogP contribution in [0.1, 0.15) is 30.0 Å². The van der Waals surface area contributed by atoms with Gasteiger partial charge in [-0.2, -0.15) is 13.2 Å². The molecule has 1 heterocycles. The summed E-state index contributed by atoms with van der Waals surface area (Å²) in [5, 5.41) is 0. The molecule has 6 heteroatoms. The minimum atomic E-state index is -4.28. The van der Waals surface area contributed by atoms with Gasteiger partial charge in [-0.1, -0.05) is 0 Å². The Morgan fingerprint density at radius 1 is 1.47 bits per heavy atom. The zero-order chi connectivity index (χ0) is 11.6. The maximum atomic E-state index is 12.0. The van der Waals surface area contributed by atoms with E-state index in [1.54, 1.807) is 13.8 Å². The summed E-state index contributed by atoms with van der Waals surface area (Å²) in [5.74, 6) is -0.218. The van der Waals surface area contributed by atoms with Crippen LogP contribution in [0.25, 0.3) is 0 Å². The van der Waals surface area contributed by atoms with Crippen molar-refractivity contribution in [1.82, 2.24) is 9.97 Å². The van der Waals surface area contributed by atoms with Crippen molar-refractivity contribution in [3.8, 4) is 0 Å². The van der Waals surface area contributed by atoms with Crippen LogP contribution < -0.4 is 5.73 Å². The lowest BCUT2D eigenvalue weighted by Gasteiger charge is -2.10. The van der Waals surface area contributed by atoms with Crippen LogP contribution in [0.15, 0.2) is 6.20 Å². The summed E-state index contributed by atoms with van der Waals surface area (Å²) >= 11 is 0. The van der Waals surface area contributed by atoms with Crippen LogP contribution >= 0.6 is 0 Å². The Bertz CT molecular complexity index is 347. The first-order chi connectivity index (χ1) is 6.79. The van der Waals surface area contributed by atoms with Crippen LogP contribution in [0.4, 0.5) is 13.2 Å². The number of nitrogens with two attached hydrogens (primary N) is 1. The van der Waals surface area contributed by atoms with E-state index < -0.39 is 12.6 Å². The third kappa shape index (κ3) is 3.47. The van der Waals surface area contributed by atoms with Gasteiger partial charge in [-0.3, -0.25) is 0 Å². The number of hydrogen-bond donors (Lipinski definition) is 1. The lowest BCUT2D eigenvalue weighted by molar-refractivity contribution is -0.128. The molecule has 0 aliphatic heterocycles. The largest absolute Gasteiger partial charge is 0.396 e. The average molecular weight is 219 g/mol. The molecule has 84 valence electrons. The molecule has 1 atom stereocenters. The van der Waals surface area contributed by atoms with Gasteiger partial charge in [0.2, 0.25) is 0 Å². The van der Waals surface area contributed by atoms with E-state index in [0.29, 0.717) is 11.3 Å². The molecule has 0 spiro atoms. The molecule has 1 aromatic heterocycles. The van der Waals surface area contributed by atoms with E-state index in [-0.39, 0.29) is 11.9 Å². The van der Waals surface area contributed by atoms with Gasteiger partial charge in [-0.25, -0.2) is 9.97 Å². The Morgan fingerprint density at radius 3 is 2.47 bits per heavy atom. The highest BCUT2D eigenvalue weighted by Crippen LogP contribution is 2.20. The lowest BCUT2D eigenvalue weighted by atomic mass is 10.1. The fraction of sp³-hybridized carbons (Fsp3) is 0.556. The highest BCUT2D eigenvalue weighted by molar-refractivity contribution is 5.19. The third-order valence-electron chi connectivity index (χ3n) is 1.92. The van der Waals surface area contributed by atoms with E-state index in [4.69, 9.17) is 5.73 Å². The number of nitrogens with zero attached hydrogens (tertiary/aromatic N) is 2. The molecule has 0 aliphatic carbocycles. The van der Waals surface area contributed by atoms with Crippen LogP contribution in [-0.2, 0) is 6.42 Å². The monoisotopic (exact) mass is 219 g/mol. The zero-order valence-corrected chi connectivity index (χ0v) is 8.47. The Balaban J connectivity index is 2.92. The maximum absolute atomic E-state index is 12.0. The average Bonchev–Trinajstić information content (AvgIpc) is 1.99. The molecule has 1 aromatic rings. The van der Waals surface area contributed by atoms with Crippen LogP contribution in [0.3, 0.4) is 0 Å². The standard InChI is InChI=1S/C9H12F3N3/c1-5(13)7-4-14-8(15-6(7)2)3-9(10,11)12/h4-5H,3,13H2,1-2H3/t5-/m0/s1. The first-order valence-electron chi connectivity index (χ1n) is 4.44. The molecule has 1 rings (SSSR count). The zero-order valence-electron chi connectivity index (χ0n) is 8.47. The SMILES string of the molecule is Cc1nc(CC(F)(F)F)ncc1[C@H](C)N. The van der Waals surface area contributed by atoms with Gasteiger partial charge in [-0.05, 0) is 13.8 Å². The Kier molecular flexibility index (Phi) is 3.28. The van der Waals surface area contributed by atoms with Gasteiger partial charge in [0.05, 0.1) is 0 Å². The van der Waals surface area contributed by atoms with Crippen LogP contribution in [-0.4, -0.2) is 16.1 Å². The molecular weight excluding hydrogens is 207 g/mol. The fourth-order valence-corrected chi connectivity index (χ4v) is 1.24. The minimum Gasteiger partial charge on any atom is -0.324 e. The van der Waals surface area contributed by atoms with Crippen LogP contribution in [0.5, 0.6) is 0 Å². The second-order valence-corrected chi connectivity index (χ2v) is 3.41. The van der Waals surface area contributed by atoms with E-state index in [2.05, 4.69) is 9.97 Å². The molecule has 15 heavy (non-hydrogen) atoms. The summed E-state index contributed by atoms with van der Waals surface area (Å²) in [4.78, 5) is 7.40. The van der Waals surface area contributed by atoms with E-state index in [9.17, 15) is 13.2 Å². The molecule has 0 bridgehead atoms. The number of hydrogen-bond acceptors (Lipinski definition) is 3. The summed E-state index contributed by atoms with van der Waals surface area (Å²) in [6, 6.07) is -0.273. The number of aryl methyl sites for hydroxylation is 1. The third-order valence-corrected chi connectivity index (χ3v) is 1.92. The topological polar surface area (TPSA) is 51.8 Å². The number of halogens is 3. The van der Waals surface area contributed by atoms with Crippen molar-refractivity contribution < 1.29 is 13.2 Å². The Morgan fingerprint density at radius 2 is 2.07 bits per heavy atom. The minimum absolute atomic E-state index is 0.218. The van der Waals surface area contributed by atoms with Crippen molar-refractivity contribution in [3.63, 3.8) is 0 Å². The Labute approximate surface area is 85.5 Å². The van der Waals surface area contributed by atoms with Crippen LogP contribution in [0.2, 0.25) is 0 Å². The molecule has 0 unspecified atom stereocenters. The summed E-state index contributed by atoms with van der Waals surface area (Å²) in [7, 11) is 0. The maximum Gasteiger partial charge on any atom is 0.396 e. The van der Waals surface area contributed by atoms with Crippen molar-refractivity contribution in [2.75, 3.05) is 0 Å². The first-order valence-corrected chi connectivity index (χ1v) is 4.44. The van der Waals surface area contributed by atoms with Crippen molar-refractivity contribution in [3.05, 3.63) is 23.3 Å². The van der Waals surface area contributed by atoms with Gasteiger partial charge < -0.3 is 5.73 Å². The van der Waals surface area contributed by atoms with Gasteiger partial charge in [0.1, 0.15) is 12.2 Å². The van der Waals surface area contributed by atoms with Gasteiger partial charge in [0, 0.05) is 23.5 Å². The Hall–Kier alpha value is -1.17. The van der Waals surface area contributed by atoms with Gasteiger partial charge in [0.15, 0.2) is 0 Å². The number of alkyl halides is 3. The second kappa shape index (κ2) is 4.14. The highest BCUT2D eigenvalue weighted by Gasteiger charge is 2.29. The first kappa shape index (κ1) is 11.9. The predicted molar refractivity (Wildman–Crippen MR) is 49.1 cm³/mol. The summed E-state index contributed by atoms with van der Waals surface area (Å²) < 4.78 is 36.1. The summed E-state index contributed by atoms with van der Waals surface area (Å²) in [5.41, 5.74) is 6.76. The normalized spacial score (nSPS) is 14.0. The van der Waals surface area contributed by atoms with Crippen molar-refractivity contribution in [1.29, 1.82) is 0 Å². The summed E-state index contributed by atoms with van der Waals surface area (Å²) in [6.07, 6.45) is -4.02. The van der Waals surface area contributed by atoms with Crippen molar-refractivity contribution in [2.24, 2.45) is 5.73 Å². The predicted octanol–water partition coefficient (Wildman–Crippen LogP) is 1.91. The second-order valence-electron chi connectivity index (χ2n) is 3.41. The van der Waals surface area contributed by atoms with Crippen molar-refractivity contribution >= 4 is 0 Å². The molecule has 0 aromatic carbocycles. The lowest BCUT2D eigenvalue weighted by Crippen LogP contribution is -2.16. The molecule has 0 amide bonds.